The molecule has 0 saturated carbocycles. The third-order valence-corrected chi connectivity index (χ3v) is 6.16. The Hall–Kier alpha value is -2.86. The molecule has 158 valence electrons. The zero-order chi connectivity index (χ0) is 21.3. The van der Waals surface area contributed by atoms with Crippen LogP contribution in [0.25, 0.3) is 10.9 Å². The first-order chi connectivity index (χ1) is 14.5. The molecule has 1 amide bonds. The number of carbonyl (C=O) groups excluding carboxylic acids is 1. The van der Waals surface area contributed by atoms with Crippen LogP contribution in [0.15, 0.2) is 35.1 Å². The SMILES string of the molecule is Cc1cc(C)c(CNC(=O)c2c(C)n(CC3CCOCC3)c3ccccc23)c(=O)[nH]1. The molecule has 0 aliphatic carbocycles. The standard InChI is InChI=1S/C24H29N3O3/c1-15-12-16(2)26-23(28)20(15)13-25-24(29)22-17(3)27(14-18-8-10-30-11-9-18)21-7-5-4-6-19(21)22/h4-7,12,18H,8-11,13-14H2,1-3H3,(H,25,29)(H,26,28). The number of H-pyrrole nitrogens is 1. The molecule has 3 aromatic rings. The molecule has 1 saturated heterocycles. The van der Waals surface area contributed by atoms with Gasteiger partial charge in [-0.05, 0) is 57.2 Å². The van der Waals surface area contributed by atoms with Crippen molar-refractivity contribution in [2.45, 2.75) is 46.7 Å². The highest BCUT2D eigenvalue weighted by atomic mass is 16.5. The highest BCUT2D eigenvalue weighted by Crippen LogP contribution is 2.28. The van der Waals surface area contributed by atoms with E-state index >= 15 is 0 Å². The maximum atomic E-state index is 13.2. The summed E-state index contributed by atoms with van der Waals surface area (Å²) in [5.41, 5.74) is 4.89. The van der Waals surface area contributed by atoms with E-state index in [1.807, 2.05) is 45.0 Å². The van der Waals surface area contributed by atoms with Crippen LogP contribution in [0.3, 0.4) is 0 Å². The molecule has 2 aromatic heterocycles. The highest BCUT2D eigenvalue weighted by Gasteiger charge is 2.23. The normalized spacial score (nSPS) is 14.9. The zero-order valence-electron chi connectivity index (χ0n) is 17.9. The minimum Gasteiger partial charge on any atom is -0.381 e. The predicted molar refractivity (Wildman–Crippen MR) is 118 cm³/mol. The zero-order valence-corrected chi connectivity index (χ0v) is 17.9. The number of pyridine rings is 1. The monoisotopic (exact) mass is 407 g/mol. The number of hydrogen-bond acceptors (Lipinski definition) is 3. The van der Waals surface area contributed by atoms with E-state index in [0.29, 0.717) is 17.0 Å². The first-order valence-electron chi connectivity index (χ1n) is 10.6. The minimum absolute atomic E-state index is 0.145. The summed E-state index contributed by atoms with van der Waals surface area (Å²) in [5, 5.41) is 3.93. The smallest absolute Gasteiger partial charge is 0.254 e. The van der Waals surface area contributed by atoms with E-state index < -0.39 is 0 Å². The number of rotatable bonds is 5. The van der Waals surface area contributed by atoms with Crippen LogP contribution in [-0.4, -0.2) is 28.7 Å². The van der Waals surface area contributed by atoms with Crippen LogP contribution in [-0.2, 0) is 17.8 Å². The number of nitrogens with one attached hydrogen (secondary N) is 2. The molecule has 1 aliphatic heterocycles. The Morgan fingerprint density at radius 3 is 2.67 bits per heavy atom. The average molecular weight is 408 g/mol. The third-order valence-electron chi connectivity index (χ3n) is 6.16. The van der Waals surface area contributed by atoms with Crippen molar-refractivity contribution in [1.82, 2.24) is 14.9 Å². The molecule has 0 atom stereocenters. The van der Waals surface area contributed by atoms with E-state index in [0.717, 1.165) is 60.5 Å². The number of carbonyl (C=O) groups is 1. The van der Waals surface area contributed by atoms with Gasteiger partial charge in [0.05, 0.1) is 5.56 Å². The van der Waals surface area contributed by atoms with Gasteiger partial charge in [-0.15, -0.1) is 0 Å². The summed E-state index contributed by atoms with van der Waals surface area (Å²) < 4.78 is 7.77. The van der Waals surface area contributed by atoms with Gasteiger partial charge in [0.15, 0.2) is 0 Å². The lowest BCUT2D eigenvalue weighted by molar-refractivity contribution is 0.0614. The Labute approximate surface area is 176 Å². The summed E-state index contributed by atoms with van der Waals surface area (Å²) in [4.78, 5) is 28.3. The number of aromatic amines is 1. The van der Waals surface area contributed by atoms with Crippen molar-refractivity contribution in [3.8, 4) is 0 Å². The minimum atomic E-state index is -0.147. The van der Waals surface area contributed by atoms with Crippen molar-refractivity contribution in [3.63, 3.8) is 0 Å². The average Bonchev–Trinajstić information content (AvgIpc) is 2.99. The van der Waals surface area contributed by atoms with Crippen molar-refractivity contribution in [2.75, 3.05) is 13.2 Å². The van der Waals surface area contributed by atoms with Crippen molar-refractivity contribution in [3.05, 3.63) is 68.8 Å². The molecule has 4 rings (SSSR count). The van der Waals surface area contributed by atoms with E-state index in [2.05, 4.69) is 20.9 Å². The molecule has 1 aromatic carbocycles. The quantitative estimate of drug-likeness (QED) is 0.678. The third kappa shape index (κ3) is 3.92. The summed E-state index contributed by atoms with van der Waals surface area (Å²) >= 11 is 0. The van der Waals surface area contributed by atoms with Crippen LogP contribution in [0.1, 0.15) is 45.7 Å². The van der Waals surface area contributed by atoms with Gasteiger partial charge in [-0.25, -0.2) is 0 Å². The lowest BCUT2D eigenvalue weighted by Crippen LogP contribution is -2.28. The summed E-state index contributed by atoms with van der Waals surface area (Å²) in [6.07, 6.45) is 2.09. The van der Waals surface area contributed by atoms with Crippen LogP contribution in [0, 0.1) is 26.7 Å². The predicted octanol–water partition coefficient (Wildman–Crippen LogP) is 3.61. The molecule has 3 heterocycles. The summed E-state index contributed by atoms with van der Waals surface area (Å²) in [7, 11) is 0. The molecule has 2 N–H and O–H groups in total. The Balaban J connectivity index is 1.63. The molecule has 6 heteroatoms. The molecule has 0 bridgehead atoms. The lowest BCUT2D eigenvalue weighted by Gasteiger charge is -2.23. The van der Waals surface area contributed by atoms with E-state index in [-0.39, 0.29) is 18.0 Å². The van der Waals surface area contributed by atoms with Crippen LogP contribution >= 0.6 is 0 Å². The fourth-order valence-corrected chi connectivity index (χ4v) is 4.50. The number of aromatic nitrogens is 2. The number of ether oxygens (including phenoxy) is 1. The fourth-order valence-electron chi connectivity index (χ4n) is 4.50. The number of nitrogens with zero attached hydrogens (tertiary/aromatic N) is 1. The molecule has 30 heavy (non-hydrogen) atoms. The Bertz CT molecular complexity index is 1140. The number of hydrogen-bond donors (Lipinski definition) is 2. The highest BCUT2D eigenvalue weighted by molar-refractivity contribution is 6.08. The van der Waals surface area contributed by atoms with Gasteiger partial charge in [0, 0.05) is 54.2 Å². The van der Waals surface area contributed by atoms with Gasteiger partial charge in [-0.3, -0.25) is 9.59 Å². The van der Waals surface area contributed by atoms with Gasteiger partial charge in [0.2, 0.25) is 0 Å². The van der Waals surface area contributed by atoms with Crippen LogP contribution < -0.4 is 10.9 Å². The van der Waals surface area contributed by atoms with E-state index in [1.165, 1.54) is 0 Å². The van der Waals surface area contributed by atoms with E-state index in [4.69, 9.17) is 4.74 Å². The van der Waals surface area contributed by atoms with Crippen LogP contribution in [0.2, 0.25) is 0 Å². The summed E-state index contributed by atoms with van der Waals surface area (Å²) in [5.74, 6) is 0.409. The number of fused-ring (bicyclic) bond motifs is 1. The van der Waals surface area contributed by atoms with Crippen molar-refractivity contribution in [2.24, 2.45) is 5.92 Å². The summed E-state index contributed by atoms with van der Waals surface area (Å²) in [6, 6.07) is 9.98. The van der Waals surface area contributed by atoms with Crippen molar-refractivity contribution < 1.29 is 9.53 Å². The number of para-hydroxylation sites is 1. The van der Waals surface area contributed by atoms with E-state index in [1.54, 1.807) is 0 Å². The number of benzene rings is 1. The van der Waals surface area contributed by atoms with Gasteiger partial charge in [0.1, 0.15) is 0 Å². The lowest BCUT2D eigenvalue weighted by atomic mass is 10.0. The molecule has 0 unspecified atom stereocenters. The van der Waals surface area contributed by atoms with Gasteiger partial charge < -0.3 is 19.6 Å². The first kappa shape index (κ1) is 20.4. The molecular formula is C24H29N3O3. The fraction of sp³-hybridized carbons (Fsp3) is 0.417. The topological polar surface area (TPSA) is 76.1 Å². The number of aryl methyl sites for hydroxylation is 2. The van der Waals surface area contributed by atoms with Gasteiger partial charge in [-0.2, -0.15) is 0 Å². The van der Waals surface area contributed by atoms with Crippen LogP contribution in [0.4, 0.5) is 0 Å². The maximum Gasteiger partial charge on any atom is 0.254 e. The second-order valence-corrected chi connectivity index (χ2v) is 8.27. The van der Waals surface area contributed by atoms with E-state index in [9.17, 15) is 9.59 Å². The molecule has 6 nitrogen and oxygen atoms in total. The van der Waals surface area contributed by atoms with Gasteiger partial charge in [-0.1, -0.05) is 18.2 Å². The Morgan fingerprint density at radius 2 is 1.93 bits per heavy atom. The number of amides is 1. The second-order valence-electron chi connectivity index (χ2n) is 8.27. The van der Waals surface area contributed by atoms with Crippen LogP contribution in [0.5, 0.6) is 0 Å². The summed E-state index contributed by atoms with van der Waals surface area (Å²) in [6.45, 7) is 8.47. The molecule has 1 aliphatic rings. The largest absolute Gasteiger partial charge is 0.381 e. The first-order valence-corrected chi connectivity index (χ1v) is 10.6. The van der Waals surface area contributed by atoms with Gasteiger partial charge in [0.25, 0.3) is 11.5 Å². The maximum absolute atomic E-state index is 13.2. The Morgan fingerprint density at radius 1 is 1.20 bits per heavy atom. The molecular weight excluding hydrogens is 378 g/mol. The Kier molecular flexibility index (Phi) is 5.77. The van der Waals surface area contributed by atoms with Crippen molar-refractivity contribution >= 4 is 16.8 Å². The molecule has 0 radical (unpaired) electrons. The molecule has 1 fully saturated rings. The van der Waals surface area contributed by atoms with Crippen molar-refractivity contribution in [1.29, 1.82) is 0 Å². The second kappa shape index (κ2) is 8.48. The molecule has 0 spiro atoms. The van der Waals surface area contributed by atoms with Gasteiger partial charge >= 0.3 is 0 Å².